The molecule has 3 aliphatic rings. The highest BCUT2D eigenvalue weighted by Gasteiger charge is 2.44. The molecule has 1 saturated carbocycles. The second-order valence-corrected chi connectivity index (χ2v) is 8.10. The molecule has 0 aromatic heterocycles. The van der Waals surface area contributed by atoms with Crippen molar-refractivity contribution >= 4 is 5.91 Å². The van der Waals surface area contributed by atoms with Crippen LogP contribution >= 0.6 is 0 Å². The molecule has 1 amide bonds. The maximum absolute atomic E-state index is 13.3. The van der Waals surface area contributed by atoms with Gasteiger partial charge in [0.2, 0.25) is 5.91 Å². The normalized spacial score (nSPS) is 24.6. The minimum absolute atomic E-state index is 0.152. The smallest absolute Gasteiger partial charge is 0.222 e. The first-order valence-electron chi connectivity index (χ1n) is 9.32. The van der Waals surface area contributed by atoms with Crippen LogP contribution in [-0.2, 0) is 11.3 Å². The van der Waals surface area contributed by atoms with Gasteiger partial charge in [0.15, 0.2) is 0 Å². The molecule has 1 spiro atoms. The van der Waals surface area contributed by atoms with E-state index in [0.717, 1.165) is 44.6 Å². The van der Waals surface area contributed by atoms with Gasteiger partial charge in [0.05, 0.1) is 0 Å². The molecule has 4 heteroatoms. The number of benzene rings is 1. The molecule has 1 aliphatic carbocycles. The zero-order valence-electron chi connectivity index (χ0n) is 14.6. The fourth-order valence-electron chi connectivity index (χ4n) is 4.43. The summed E-state index contributed by atoms with van der Waals surface area (Å²) in [6.45, 7) is 6.06. The number of amides is 1. The lowest BCUT2D eigenvalue weighted by atomic mass is 9.72. The van der Waals surface area contributed by atoms with Gasteiger partial charge in [0.1, 0.15) is 5.82 Å². The average Bonchev–Trinajstić information content (AvgIpc) is 3.40. The molecule has 3 nitrogen and oxygen atoms in total. The highest BCUT2D eigenvalue weighted by atomic mass is 19.1. The van der Waals surface area contributed by atoms with Crippen molar-refractivity contribution in [3.63, 3.8) is 0 Å². The van der Waals surface area contributed by atoms with E-state index in [2.05, 4.69) is 9.80 Å². The summed E-state index contributed by atoms with van der Waals surface area (Å²) in [6.07, 6.45) is 6.59. The average molecular weight is 330 g/mol. The zero-order chi connectivity index (χ0) is 16.7. The quantitative estimate of drug-likeness (QED) is 0.847. The van der Waals surface area contributed by atoms with Crippen molar-refractivity contribution in [2.75, 3.05) is 19.6 Å². The van der Waals surface area contributed by atoms with Crippen molar-refractivity contribution in [3.8, 4) is 0 Å². The third-order valence-electron chi connectivity index (χ3n) is 6.30. The van der Waals surface area contributed by atoms with E-state index in [1.54, 1.807) is 12.1 Å². The molecular formula is C20H27FN2O. The second-order valence-electron chi connectivity index (χ2n) is 8.10. The molecule has 2 aliphatic heterocycles. The third-order valence-corrected chi connectivity index (χ3v) is 6.30. The van der Waals surface area contributed by atoms with Crippen LogP contribution in [0.1, 0.15) is 49.7 Å². The van der Waals surface area contributed by atoms with Crippen molar-refractivity contribution in [2.24, 2.45) is 5.41 Å². The number of hydrogen-bond acceptors (Lipinski definition) is 2. The Morgan fingerprint density at radius 3 is 2.62 bits per heavy atom. The number of carbonyl (C=O) groups excluding carboxylic acids is 1. The van der Waals surface area contributed by atoms with Crippen molar-refractivity contribution in [2.45, 2.75) is 58.0 Å². The Kier molecular flexibility index (Phi) is 4.11. The van der Waals surface area contributed by atoms with Gasteiger partial charge in [-0.3, -0.25) is 9.69 Å². The Balaban J connectivity index is 1.37. The molecule has 4 rings (SSSR count). The highest BCUT2D eigenvalue weighted by Crippen LogP contribution is 2.43. The molecule has 1 aromatic rings. The Hall–Kier alpha value is -1.42. The molecule has 0 bridgehead atoms. The molecule has 3 fully saturated rings. The predicted molar refractivity (Wildman–Crippen MR) is 92.1 cm³/mol. The number of hydrogen-bond donors (Lipinski definition) is 0. The van der Waals surface area contributed by atoms with Gasteiger partial charge in [-0.25, -0.2) is 4.39 Å². The van der Waals surface area contributed by atoms with Gasteiger partial charge in [-0.1, -0.05) is 6.07 Å². The minimum atomic E-state index is -0.152. The van der Waals surface area contributed by atoms with Gasteiger partial charge in [0.25, 0.3) is 0 Å². The molecule has 2 heterocycles. The van der Waals surface area contributed by atoms with Gasteiger partial charge >= 0.3 is 0 Å². The van der Waals surface area contributed by atoms with E-state index in [1.807, 2.05) is 13.0 Å². The SMILES string of the molecule is Cc1cc(F)ccc1CN1CCC2(CCC(=O)N(C3CC3)C2)CC1. The number of carbonyl (C=O) groups is 1. The van der Waals surface area contributed by atoms with Crippen LogP contribution in [0.3, 0.4) is 0 Å². The Morgan fingerprint density at radius 2 is 1.96 bits per heavy atom. The van der Waals surface area contributed by atoms with Crippen LogP contribution < -0.4 is 0 Å². The van der Waals surface area contributed by atoms with Crippen LogP contribution in [0.15, 0.2) is 18.2 Å². The zero-order valence-corrected chi connectivity index (χ0v) is 14.6. The van der Waals surface area contributed by atoms with E-state index >= 15 is 0 Å². The number of likely N-dealkylation sites (tertiary alicyclic amines) is 2. The first-order chi connectivity index (χ1) is 11.5. The summed E-state index contributed by atoms with van der Waals surface area (Å²) in [4.78, 5) is 16.8. The Morgan fingerprint density at radius 1 is 1.21 bits per heavy atom. The molecule has 0 radical (unpaired) electrons. The number of nitrogens with zero attached hydrogens (tertiary/aromatic N) is 2. The lowest BCUT2D eigenvalue weighted by molar-refractivity contribution is -0.139. The molecular weight excluding hydrogens is 303 g/mol. The molecule has 0 atom stereocenters. The van der Waals surface area contributed by atoms with Gasteiger partial charge in [-0.2, -0.15) is 0 Å². The van der Waals surface area contributed by atoms with Crippen molar-refractivity contribution < 1.29 is 9.18 Å². The maximum Gasteiger partial charge on any atom is 0.222 e. The van der Waals surface area contributed by atoms with Crippen LogP contribution in [0.25, 0.3) is 0 Å². The summed E-state index contributed by atoms with van der Waals surface area (Å²) in [6, 6.07) is 5.66. The lowest BCUT2D eigenvalue weighted by Crippen LogP contribution is -2.52. The number of aryl methyl sites for hydroxylation is 1. The molecule has 2 saturated heterocycles. The van der Waals surface area contributed by atoms with Crippen molar-refractivity contribution in [1.82, 2.24) is 9.80 Å². The van der Waals surface area contributed by atoms with E-state index in [-0.39, 0.29) is 5.82 Å². The van der Waals surface area contributed by atoms with E-state index in [4.69, 9.17) is 0 Å². The molecule has 0 unspecified atom stereocenters. The fraction of sp³-hybridized carbons (Fsp3) is 0.650. The van der Waals surface area contributed by atoms with E-state index in [9.17, 15) is 9.18 Å². The van der Waals surface area contributed by atoms with Crippen LogP contribution in [0, 0.1) is 18.2 Å². The Bertz CT molecular complexity index is 633. The summed E-state index contributed by atoms with van der Waals surface area (Å²) >= 11 is 0. The standard InChI is InChI=1S/C20H27FN2O/c1-15-12-17(21)3-2-16(15)13-22-10-8-20(9-11-22)7-6-19(24)23(14-20)18-4-5-18/h2-3,12,18H,4-11,13-14H2,1H3. The van der Waals surface area contributed by atoms with Crippen LogP contribution in [0.2, 0.25) is 0 Å². The molecule has 1 aromatic carbocycles. The van der Waals surface area contributed by atoms with E-state index < -0.39 is 0 Å². The molecule has 130 valence electrons. The summed E-state index contributed by atoms with van der Waals surface area (Å²) in [7, 11) is 0. The molecule has 0 N–H and O–H groups in total. The topological polar surface area (TPSA) is 23.6 Å². The summed E-state index contributed by atoms with van der Waals surface area (Å²) in [5.74, 6) is 0.230. The van der Waals surface area contributed by atoms with E-state index in [0.29, 0.717) is 17.4 Å². The number of rotatable bonds is 3. The number of piperidine rings is 2. The largest absolute Gasteiger partial charge is 0.339 e. The first kappa shape index (κ1) is 16.1. The number of halogens is 1. The summed E-state index contributed by atoms with van der Waals surface area (Å²) in [5, 5.41) is 0. The van der Waals surface area contributed by atoms with Crippen molar-refractivity contribution in [1.29, 1.82) is 0 Å². The first-order valence-corrected chi connectivity index (χ1v) is 9.32. The summed E-state index contributed by atoms with van der Waals surface area (Å²) in [5.41, 5.74) is 2.62. The highest BCUT2D eigenvalue weighted by molar-refractivity contribution is 5.77. The summed E-state index contributed by atoms with van der Waals surface area (Å²) < 4.78 is 13.3. The van der Waals surface area contributed by atoms with Gasteiger partial charge < -0.3 is 4.90 Å². The van der Waals surface area contributed by atoms with Crippen LogP contribution in [-0.4, -0.2) is 41.4 Å². The van der Waals surface area contributed by atoms with E-state index in [1.165, 1.54) is 31.2 Å². The van der Waals surface area contributed by atoms with Crippen LogP contribution in [0.5, 0.6) is 0 Å². The van der Waals surface area contributed by atoms with Gasteiger partial charge in [-0.15, -0.1) is 0 Å². The van der Waals surface area contributed by atoms with Crippen molar-refractivity contribution in [3.05, 3.63) is 35.1 Å². The minimum Gasteiger partial charge on any atom is -0.339 e. The fourth-order valence-corrected chi connectivity index (χ4v) is 4.43. The van der Waals surface area contributed by atoms with Gasteiger partial charge in [-0.05, 0) is 80.8 Å². The Labute approximate surface area is 143 Å². The lowest BCUT2D eigenvalue weighted by Gasteiger charge is -2.47. The second kappa shape index (κ2) is 6.14. The van der Waals surface area contributed by atoms with Crippen LogP contribution in [0.4, 0.5) is 4.39 Å². The van der Waals surface area contributed by atoms with Gasteiger partial charge in [0, 0.05) is 25.6 Å². The maximum atomic E-state index is 13.3. The predicted octanol–water partition coefficient (Wildman–Crippen LogP) is 3.50. The third kappa shape index (κ3) is 3.21. The molecule has 24 heavy (non-hydrogen) atoms. The monoisotopic (exact) mass is 330 g/mol.